The van der Waals surface area contributed by atoms with Crippen LogP contribution in [0.25, 0.3) is 0 Å². The number of hydrogen-bond donors (Lipinski definition) is 1. The molecule has 1 saturated carbocycles. The Bertz CT molecular complexity index is 363. The van der Waals surface area contributed by atoms with E-state index in [9.17, 15) is 0 Å². The summed E-state index contributed by atoms with van der Waals surface area (Å²) in [5.74, 6) is 0. The zero-order valence-corrected chi connectivity index (χ0v) is 12.6. The van der Waals surface area contributed by atoms with Gasteiger partial charge in [0.15, 0.2) is 0 Å². The van der Waals surface area contributed by atoms with Crippen molar-refractivity contribution in [1.29, 1.82) is 0 Å². The lowest BCUT2D eigenvalue weighted by Crippen LogP contribution is -2.26. The first-order valence-electron chi connectivity index (χ1n) is 6.92. The highest BCUT2D eigenvalue weighted by Crippen LogP contribution is 2.30. The molecule has 18 heavy (non-hydrogen) atoms. The quantitative estimate of drug-likeness (QED) is 0.855. The molecular formula is C15H22BrNO. The maximum absolute atomic E-state index is 6.29. The predicted octanol–water partition coefficient (Wildman–Crippen LogP) is 4.06. The van der Waals surface area contributed by atoms with E-state index in [0.29, 0.717) is 6.10 Å². The second-order valence-corrected chi connectivity index (χ2v) is 5.71. The number of nitrogens with one attached hydrogen (secondary N) is 1. The number of benzene rings is 1. The van der Waals surface area contributed by atoms with Crippen LogP contribution in [0.2, 0.25) is 0 Å². The molecule has 3 heteroatoms. The van der Waals surface area contributed by atoms with E-state index in [1.54, 1.807) is 0 Å². The second-order valence-electron chi connectivity index (χ2n) is 4.86. The Morgan fingerprint density at radius 2 is 2.06 bits per heavy atom. The summed E-state index contributed by atoms with van der Waals surface area (Å²) in [4.78, 5) is 0. The van der Waals surface area contributed by atoms with Gasteiger partial charge in [0.05, 0.1) is 12.2 Å². The second kappa shape index (κ2) is 7.27. The highest BCUT2D eigenvalue weighted by molar-refractivity contribution is 9.10. The molecule has 100 valence electrons. The van der Waals surface area contributed by atoms with Crippen LogP contribution >= 0.6 is 15.9 Å². The molecule has 0 heterocycles. The minimum atomic E-state index is 0.156. The van der Waals surface area contributed by atoms with Crippen LogP contribution in [0.1, 0.15) is 44.3 Å². The van der Waals surface area contributed by atoms with Crippen LogP contribution in [0.4, 0.5) is 0 Å². The molecule has 1 N–H and O–H groups in total. The summed E-state index contributed by atoms with van der Waals surface area (Å²) in [6.45, 7) is 4.00. The van der Waals surface area contributed by atoms with Crippen molar-refractivity contribution in [3.63, 3.8) is 0 Å². The highest BCUT2D eigenvalue weighted by atomic mass is 79.9. The van der Waals surface area contributed by atoms with Crippen molar-refractivity contribution in [2.75, 3.05) is 13.1 Å². The van der Waals surface area contributed by atoms with Gasteiger partial charge in [-0.3, -0.25) is 0 Å². The van der Waals surface area contributed by atoms with Crippen molar-refractivity contribution in [2.45, 2.75) is 44.8 Å². The lowest BCUT2D eigenvalue weighted by atomic mass is 10.1. The largest absolute Gasteiger partial charge is 0.369 e. The SMILES string of the molecule is CCNCC(OC1CCCC1)c1ccccc1Br. The summed E-state index contributed by atoms with van der Waals surface area (Å²) in [5, 5.41) is 3.40. The van der Waals surface area contributed by atoms with E-state index < -0.39 is 0 Å². The first-order chi connectivity index (χ1) is 8.81. The van der Waals surface area contributed by atoms with Crippen LogP contribution in [-0.4, -0.2) is 19.2 Å². The van der Waals surface area contributed by atoms with Gasteiger partial charge in [0.2, 0.25) is 0 Å². The monoisotopic (exact) mass is 311 g/mol. The number of halogens is 1. The molecule has 1 aliphatic carbocycles. The van der Waals surface area contributed by atoms with Crippen LogP contribution in [0.15, 0.2) is 28.7 Å². The highest BCUT2D eigenvalue weighted by Gasteiger charge is 2.22. The molecule has 1 unspecified atom stereocenters. The lowest BCUT2D eigenvalue weighted by Gasteiger charge is -2.23. The van der Waals surface area contributed by atoms with Gasteiger partial charge >= 0.3 is 0 Å². The van der Waals surface area contributed by atoms with Crippen LogP contribution in [0.5, 0.6) is 0 Å². The van der Waals surface area contributed by atoms with Crippen molar-refractivity contribution < 1.29 is 4.74 Å². The van der Waals surface area contributed by atoms with Gasteiger partial charge in [0.25, 0.3) is 0 Å². The third-order valence-electron chi connectivity index (χ3n) is 3.49. The Kier molecular flexibility index (Phi) is 5.67. The van der Waals surface area contributed by atoms with Crippen molar-refractivity contribution in [2.24, 2.45) is 0 Å². The molecule has 0 amide bonds. The first kappa shape index (κ1) is 14.0. The predicted molar refractivity (Wildman–Crippen MR) is 78.8 cm³/mol. The average molecular weight is 312 g/mol. The van der Waals surface area contributed by atoms with Crippen molar-refractivity contribution in [1.82, 2.24) is 5.32 Å². The summed E-state index contributed by atoms with van der Waals surface area (Å²) < 4.78 is 7.43. The Morgan fingerprint density at radius 1 is 1.33 bits per heavy atom. The van der Waals surface area contributed by atoms with E-state index in [1.807, 2.05) is 6.07 Å². The van der Waals surface area contributed by atoms with E-state index in [4.69, 9.17) is 4.74 Å². The molecule has 1 aliphatic rings. The van der Waals surface area contributed by atoms with E-state index >= 15 is 0 Å². The van der Waals surface area contributed by atoms with Gasteiger partial charge in [-0.2, -0.15) is 0 Å². The van der Waals surface area contributed by atoms with Crippen LogP contribution in [0.3, 0.4) is 0 Å². The Morgan fingerprint density at radius 3 is 2.72 bits per heavy atom. The van der Waals surface area contributed by atoms with E-state index in [0.717, 1.165) is 17.6 Å². The third kappa shape index (κ3) is 3.81. The van der Waals surface area contributed by atoms with Gasteiger partial charge < -0.3 is 10.1 Å². The number of ether oxygens (including phenoxy) is 1. The van der Waals surface area contributed by atoms with E-state index in [1.165, 1.54) is 31.2 Å². The summed E-state index contributed by atoms with van der Waals surface area (Å²) in [6, 6.07) is 8.37. The fourth-order valence-corrected chi connectivity index (χ4v) is 3.04. The fourth-order valence-electron chi connectivity index (χ4n) is 2.50. The standard InChI is InChI=1S/C15H22BrNO/c1-2-17-11-15(18-12-7-3-4-8-12)13-9-5-6-10-14(13)16/h5-6,9-10,12,15,17H,2-4,7-8,11H2,1H3. The summed E-state index contributed by atoms with van der Waals surface area (Å²) in [6.07, 6.45) is 5.66. The molecule has 0 radical (unpaired) electrons. The molecule has 0 aromatic heterocycles. The van der Waals surface area contributed by atoms with Crippen LogP contribution in [-0.2, 0) is 4.74 Å². The zero-order valence-electron chi connectivity index (χ0n) is 11.0. The summed E-state index contributed by atoms with van der Waals surface area (Å²) >= 11 is 3.63. The molecule has 0 bridgehead atoms. The molecular weight excluding hydrogens is 290 g/mol. The molecule has 1 aromatic carbocycles. The molecule has 1 aromatic rings. The van der Waals surface area contributed by atoms with Crippen LogP contribution < -0.4 is 5.32 Å². The zero-order chi connectivity index (χ0) is 12.8. The molecule has 0 aliphatic heterocycles. The first-order valence-corrected chi connectivity index (χ1v) is 7.71. The van der Waals surface area contributed by atoms with Gasteiger partial charge in [-0.1, -0.05) is 53.9 Å². The van der Waals surface area contributed by atoms with Crippen molar-refractivity contribution in [3.05, 3.63) is 34.3 Å². The number of likely N-dealkylation sites (N-methyl/N-ethyl adjacent to an activating group) is 1. The van der Waals surface area contributed by atoms with E-state index in [-0.39, 0.29) is 6.10 Å². The summed E-state index contributed by atoms with van der Waals surface area (Å²) in [5.41, 5.74) is 1.25. The van der Waals surface area contributed by atoms with Crippen molar-refractivity contribution >= 4 is 15.9 Å². The Labute approximate surface area is 118 Å². The minimum Gasteiger partial charge on any atom is -0.369 e. The molecule has 1 atom stereocenters. The molecule has 0 saturated heterocycles. The number of rotatable bonds is 6. The minimum absolute atomic E-state index is 0.156. The molecule has 0 spiro atoms. The van der Waals surface area contributed by atoms with Crippen LogP contribution in [0, 0.1) is 0 Å². The maximum atomic E-state index is 6.29. The smallest absolute Gasteiger partial charge is 0.0963 e. The van der Waals surface area contributed by atoms with E-state index in [2.05, 4.69) is 46.4 Å². The van der Waals surface area contributed by atoms with Gasteiger partial charge in [-0.15, -0.1) is 0 Å². The van der Waals surface area contributed by atoms with Gasteiger partial charge in [0, 0.05) is 11.0 Å². The van der Waals surface area contributed by atoms with Gasteiger partial charge in [0.1, 0.15) is 0 Å². The fraction of sp³-hybridized carbons (Fsp3) is 0.600. The van der Waals surface area contributed by atoms with Gasteiger partial charge in [-0.25, -0.2) is 0 Å². The Balaban J connectivity index is 2.06. The maximum Gasteiger partial charge on any atom is 0.0963 e. The molecule has 2 rings (SSSR count). The Hall–Kier alpha value is -0.380. The normalized spacial score (nSPS) is 18.1. The summed E-state index contributed by atoms with van der Waals surface area (Å²) in [7, 11) is 0. The van der Waals surface area contributed by atoms with Crippen molar-refractivity contribution in [3.8, 4) is 0 Å². The topological polar surface area (TPSA) is 21.3 Å². The van der Waals surface area contributed by atoms with Gasteiger partial charge in [-0.05, 0) is 31.0 Å². The number of hydrogen-bond acceptors (Lipinski definition) is 2. The third-order valence-corrected chi connectivity index (χ3v) is 4.21. The average Bonchev–Trinajstić information content (AvgIpc) is 2.88. The molecule has 1 fully saturated rings. The molecule has 2 nitrogen and oxygen atoms in total. The lowest BCUT2D eigenvalue weighted by molar-refractivity contribution is -0.00885.